The van der Waals surface area contributed by atoms with Gasteiger partial charge in [0.25, 0.3) is 0 Å². The lowest BCUT2D eigenvalue weighted by atomic mass is 9.89. The predicted molar refractivity (Wildman–Crippen MR) is 67.6 cm³/mol. The van der Waals surface area contributed by atoms with Gasteiger partial charge in [-0.15, -0.1) is 0 Å². The zero-order chi connectivity index (χ0) is 11.4. The molecule has 16 heavy (non-hydrogen) atoms. The van der Waals surface area contributed by atoms with Crippen molar-refractivity contribution in [3.05, 3.63) is 0 Å². The molecule has 0 bridgehead atoms. The molecule has 2 heteroatoms. The molecule has 0 radical (unpaired) electrons. The average molecular weight is 225 g/mol. The van der Waals surface area contributed by atoms with E-state index in [1.807, 2.05) is 0 Å². The SMILES string of the molecule is CCCNC(CCC1CC1)C1(C)CCCO1. The molecule has 0 aromatic heterocycles. The third kappa shape index (κ3) is 3.21. The van der Waals surface area contributed by atoms with Gasteiger partial charge in [-0.3, -0.25) is 0 Å². The highest BCUT2D eigenvalue weighted by Gasteiger charge is 2.38. The summed E-state index contributed by atoms with van der Waals surface area (Å²) < 4.78 is 5.99. The van der Waals surface area contributed by atoms with E-state index in [0.717, 1.165) is 19.1 Å². The van der Waals surface area contributed by atoms with Gasteiger partial charge in [0.2, 0.25) is 0 Å². The molecule has 2 aliphatic rings. The Labute approximate surface area is 100 Å². The Morgan fingerprint density at radius 2 is 2.25 bits per heavy atom. The maximum absolute atomic E-state index is 5.99. The molecule has 0 spiro atoms. The van der Waals surface area contributed by atoms with Crippen LogP contribution in [0.1, 0.15) is 58.8 Å². The summed E-state index contributed by atoms with van der Waals surface area (Å²) in [7, 11) is 0. The fourth-order valence-electron chi connectivity index (χ4n) is 2.83. The lowest BCUT2D eigenvalue weighted by Crippen LogP contribution is -2.48. The van der Waals surface area contributed by atoms with Crippen molar-refractivity contribution in [1.82, 2.24) is 5.32 Å². The van der Waals surface area contributed by atoms with Crippen LogP contribution in [0.15, 0.2) is 0 Å². The van der Waals surface area contributed by atoms with Gasteiger partial charge in [-0.1, -0.05) is 19.8 Å². The summed E-state index contributed by atoms with van der Waals surface area (Å²) in [6.45, 7) is 6.64. The Kier molecular flexibility index (Phi) is 4.26. The smallest absolute Gasteiger partial charge is 0.0807 e. The van der Waals surface area contributed by atoms with E-state index in [4.69, 9.17) is 4.74 Å². The van der Waals surface area contributed by atoms with Crippen LogP contribution in [0.25, 0.3) is 0 Å². The molecule has 2 nitrogen and oxygen atoms in total. The Balaban J connectivity index is 1.83. The first-order valence-electron chi connectivity index (χ1n) is 7.12. The van der Waals surface area contributed by atoms with E-state index in [1.54, 1.807) is 0 Å². The lowest BCUT2D eigenvalue weighted by molar-refractivity contribution is -0.0146. The fourth-order valence-corrected chi connectivity index (χ4v) is 2.83. The first kappa shape index (κ1) is 12.4. The summed E-state index contributed by atoms with van der Waals surface area (Å²) in [5, 5.41) is 3.71. The summed E-state index contributed by atoms with van der Waals surface area (Å²) in [6.07, 6.45) is 9.34. The van der Waals surface area contributed by atoms with Gasteiger partial charge in [0.15, 0.2) is 0 Å². The highest BCUT2D eigenvalue weighted by atomic mass is 16.5. The molecule has 2 atom stereocenters. The molecule has 94 valence electrons. The molecule has 1 heterocycles. The quantitative estimate of drug-likeness (QED) is 0.719. The molecule has 1 saturated heterocycles. The molecule has 1 N–H and O–H groups in total. The molecule has 0 amide bonds. The van der Waals surface area contributed by atoms with E-state index in [0.29, 0.717) is 6.04 Å². The minimum absolute atomic E-state index is 0.115. The topological polar surface area (TPSA) is 21.3 Å². The van der Waals surface area contributed by atoms with Crippen molar-refractivity contribution in [2.24, 2.45) is 5.92 Å². The molecule has 2 unspecified atom stereocenters. The number of hydrogen-bond acceptors (Lipinski definition) is 2. The van der Waals surface area contributed by atoms with Gasteiger partial charge in [-0.25, -0.2) is 0 Å². The maximum atomic E-state index is 5.99. The Morgan fingerprint density at radius 3 is 2.81 bits per heavy atom. The van der Waals surface area contributed by atoms with Crippen molar-refractivity contribution >= 4 is 0 Å². The lowest BCUT2D eigenvalue weighted by Gasteiger charge is -2.34. The van der Waals surface area contributed by atoms with Crippen LogP contribution in [-0.2, 0) is 4.74 Å². The molecule has 0 aromatic rings. The normalized spacial score (nSPS) is 31.9. The van der Waals surface area contributed by atoms with E-state index in [2.05, 4.69) is 19.2 Å². The molecule has 0 aromatic carbocycles. The molecular weight excluding hydrogens is 198 g/mol. The van der Waals surface area contributed by atoms with Crippen LogP contribution >= 0.6 is 0 Å². The van der Waals surface area contributed by atoms with Crippen molar-refractivity contribution in [2.75, 3.05) is 13.2 Å². The summed E-state index contributed by atoms with van der Waals surface area (Å²) in [5.41, 5.74) is 0.115. The number of hydrogen-bond donors (Lipinski definition) is 1. The van der Waals surface area contributed by atoms with Crippen LogP contribution in [0.4, 0.5) is 0 Å². The van der Waals surface area contributed by atoms with Crippen molar-refractivity contribution in [2.45, 2.75) is 70.4 Å². The Bertz CT molecular complexity index is 207. The van der Waals surface area contributed by atoms with Crippen molar-refractivity contribution in [1.29, 1.82) is 0 Å². The summed E-state index contributed by atoms with van der Waals surface area (Å²) in [5.74, 6) is 1.04. The number of rotatable bonds is 7. The monoisotopic (exact) mass is 225 g/mol. The first-order valence-corrected chi connectivity index (χ1v) is 7.12. The molecule has 1 saturated carbocycles. The van der Waals surface area contributed by atoms with Gasteiger partial charge in [0.1, 0.15) is 0 Å². The van der Waals surface area contributed by atoms with Crippen molar-refractivity contribution in [3.8, 4) is 0 Å². The highest BCUT2D eigenvalue weighted by Crippen LogP contribution is 2.37. The van der Waals surface area contributed by atoms with Gasteiger partial charge in [-0.2, -0.15) is 0 Å². The van der Waals surface area contributed by atoms with E-state index in [1.165, 1.54) is 44.9 Å². The minimum Gasteiger partial charge on any atom is -0.374 e. The average Bonchev–Trinajstić information content (AvgIpc) is 3.00. The van der Waals surface area contributed by atoms with Gasteiger partial charge in [-0.05, 0) is 51.5 Å². The van der Waals surface area contributed by atoms with Gasteiger partial charge < -0.3 is 10.1 Å². The molecule has 2 rings (SSSR count). The third-order valence-electron chi connectivity index (χ3n) is 4.19. The van der Waals surface area contributed by atoms with Gasteiger partial charge in [0.05, 0.1) is 5.60 Å². The summed E-state index contributed by atoms with van der Waals surface area (Å²) >= 11 is 0. The summed E-state index contributed by atoms with van der Waals surface area (Å²) in [4.78, 5) is 0. The van der Waals surface area contributed by atoms with E-state index < -0.39 is 0 Å². The number of nitrogens with one attached hydrogen (secondary N) is 1. The molecule has 1 aliphatic carbocycles. The second kappa shape index (κ2) is 5.50. The second-order valence-corrected chi connectivity index (χ2v) is 5.79. The van der Waals surface area contributed by atoms with E-state index >= 15 is 0 Å². The Hall–Kier alpha value is -0.0800. The van der Waals surface area contributed by atoms with E-state index in [-0.39, 0.29) is 5.60 Å². The van der Waals surface area contributed by atoms with Crippen LogP contribution in [-0.4, -0.2) is 24.8 Å². The van der Waals surface area contributed by atoms with Crippen LogP contribution in [0.3, 0.4) is 0 Å². The van der Waals surface area contributed by atoms with Gasteiger partial charge >= 0.3 is 0 Å². The van der Waals surface area contributed by atoms with Crippen molar-refractivity contribution < 1.29 is 4.74 Å². The summed E-state index contributed by atoms with van der Waals surface area (Å²) in [6, 6.07) is 0.579. The van der Waals surface area contributed by atoms with E-state index in [9.17, 15) is 0 Å². The van der Waals surface area contributed by atoms with Crippen LogP contribution in [0, 0.1) is 5.92 Å². The molecule has 2 fully saturated rings. The van der Waals surface area contributed by atoms with Crippen LogP contribution in [0.5, 0.6) is 0 Å². The zero-order valence-electron chi connectivity index (χ0n) is 10.9. The third-order valence-corrected chi connectivity index (χ3v) is 4.19. The predicted octanol–water partition coefficient (Wildman–Crippen LogP) is 3.11. The fraction of sp³-hybridized carbons (Fsp3) is 1.00. The molecule has 1 aliphatic heterocycles. The number of ether oxygens (including phenoxy) is 1. The van der Waals surface area contributed by atoms with Crippen LogP contribution < -0.4 is 5.32 Å². The Morgan fingerprint density at radius 1 is 1.44 bits per heavy atom. The first-order chi connectivity index (χ1) is 7.74. The van der Waals surface area contributed by atoms with Gasteiger partial charge in [0, 0.05) is 12.6 Å². The standard InChI is InChI=1S/C14H27NO/c1-3-10-15-13(8-7-12-5-6-12)14(2)9-4-11-16-14/h12-13,15H,3-11H2,1-2H3. The molecular formula is C14H27NO. The minimum atomic E-state index is 0.115. The van der Waals surface area contributed by atoms with Crippen LogP contribution in [0.2, 0.25) is 0 Å². The zero-order valence-corrected chi connectivity index (χ0v) is 10.9. The van der Waals surface area contributed by atoms with Crippen molar-refractivity contribution in [3.63, 3.8) is 0 Å². The largest absolute Gasteiger partial charge is 0.374 e. The second-order valence-electron chi connectivity index (χ2n) is 5.79. The maximum Gasteiger partial charge on any atom is 0.0807 e. The highest BCUT2D eigenvalue weighted by molar-refractivity contribution is 4.93.